The quantitative estimate of drug-likeness (QED) is 0.717. The van der Waals surface area contributed by atoms with Crippen molar-refractivity contribution in [2.24, 2.45) is 40.4 Å². The molecule has 0 spiro atoms. The first kappa shape index (κ1) is 18.8. The topological polar surface area (TPSA) is 57.5 Å². The van der Waals surface area contributed by atoms with Gasteiger partial charge in [-0.05, 0) is 111 Å². The average molecular weight is 363 g/mol. The molecule has 0 unspecified atom stereocenters. The Morgan fingerprint density at radius 1 is 0.962 bits per heavy atom. The molecule has 0 saturated heterocycles. The predicted molar refractivity (Wildman–Crippen MR) is 103 cm³/mol. The van der Waals surface area contributed by atoms with Crippen molar-refractivity contribution >= 4 is 5.97 Å². The summed E-state index contributed by atoms with van der Waals surface area (Å²) in [5.41, 5.74) is 0.919. The van der Waals surface area contributed by atoms with Crippen LogP contribution in [0.2, 0.25) is 0 Å². The third kappa shape index (κ3) is 2.93. The van der Waals surface area contributed by atoms with Crippen molar-refractivity contribution in [2.75, 3.05) is 0 Å². The zero-order valence-electron chi connectivity index (χ0n) is 16.8. The summed E-state index contributed by atoms with van der Waals surface area (Å²) in [6.07, 6.45) is 13.6. The molecule has 4 aliphatic carbocycles. The summed E-state index contributed by atoms with van der Waals surface area (Å²) < 4.78 is 0. The summed E-state index contributed by atoms with van der Waals surface area (Å²) in [4.78, 5) is 10.9. The Morgan fingerprint density at radius 2 is 1.69 bits per heavy atom. The zero-order valence-corrected chi connectivity index (χ0v) is 16.8. The Morgan fingerprint density at radius 3 is 2.46 bits per heavy atom. The summed E-state index contributed by atoms with van der Waals surface area (Å²) in [5, 5.41) is 19.1. The van der Waals surface area contributed by atoms with Gasteiger partial charge in [0.25, 0.3) is 0 Å². The monoisotopic (exact) mass is 362 g/mol. The van der Waals surface area contributed by atoms with Crippen LogP contribution in [0.15, 0.2) is 0 Å². The van der Waals surface area contributed by atoms with Gasteiger partial charge in [-0.15, -0.1) is 0 Å². The SMILES string of the molecule is C[C@]12CC[C@H](O)C[C@H]1CC[C@@H]1[C@@H]2CC[C@]2(C)[C@@H](CCCC(=O)O)CC[C@@H]12. The highest BCUT2D eigenvalue weighted by atomic mass is 16.4. The molecule has 0 aliphatic heterocycles. The van der Waals surface area contributed by atoms with Gasteiger partial charge in [-0.25, -0.2) is 0 Å². The van der Waals surface area contributed by atoms with Crippen LogP contribution in [0.25, 0.3) is 0 Å². The van der Waals surface area contributed by atoms with E-state index in [-0.39, 0.29) is 6.10 Å². The molecule has 4 aliphatic rings. The molecule has 4 saturated carbocycles. The fourth-order valence-corrected chi connectivity index (χ4v) is 8.32. The summed E-state index contributed by atoms with van der Waals surface area (Å²) in [7, 11) is 0. The molecule has 0 bridgehead atoms. The van der Waals surface area contributed by atoms with Crippen molar-refractivity contribution in [3.63, 3.8) is 0 Å². The van der Waals surface area contributed by atoms with Crippen molar-refractivity contribution < 1.29 is 15.0 Å². The molecule has 0 aromatic carbocycles. The van der Waals surface area contributed by atoms with Crippen LogP contribution in [0, 0.1) is 40.4 Å². The number of rotatable bonds is 4. The van der Waals surface area contributed by atoms with Gasteiger partial charge in [-0.3, -0.25) is 4.79 Å². The lowest BCUT2D eigenvalue weighted by Gasteiger charge is -2.61. The molecule has 0 amide bonds. The van der Waals surface area contributed by atoms with Crippen LogP contribution in [-0.2, 0) is 4.79 Å². The lowest BCUT2D eigenvalue weighted by atomic mass is 9.44. The molecule has 4 rings (SSSR count). The Hall–Kier alpha value is -0.570. The van der Waals surface area contributed by atoms with Crippen LogP contribution < -0.4 is 0 Å². The maximum atomic E-state index is 10.9. The third-order valence-electron chi connectivity index (χ3n) is 9.78. The number of fused-ring (bicyclic) bond motifs is 5. The minimum absolute atomic E-state index is 0.0522. The van der Waals surface area contributed by atoms with Crippen LogP contribution in [0.3, 0.4) is 0 Å². The summed E-state index contributed by atoms with van der Waals surface area (Å²) >= 11 is 0. The van der Waals surface area contributed by atoms with E-state index in [0.29, 0.717) is 17.3 Å². The van der Waals surface area contributed by atoms with E-state index in [1.165, 1.54) is 44.9 Å². The Balaban J connectivity index is 1.48. The van der Waals surface area contributed by atoms with Crippen molar-refractivity contribution in [3.8, 4) is 0 Å². The normalized spacial score (nSPS) is 50.6. The summed E-state index contributed by atoms with van der Waals surface area (Å²) in [5.74, 6) is 3.45. The van der Waals surface area contributed by atoms with E-state index >= 15 is 0 Å². The van der Waals surface area contributed by atoms with Crippen molar-refractivity contribution in [3.05, 3.63) is 0 Å². The molecule has 0 aromatic heterocycles. The van der Waals surface area contributed by atoms with Crippen molar-refractivity contribution in [1.29, 1.82) is 0 Å². The molecular weight excluding hydrogens is 324 g/mol. The molecule has 3 heteroatoms. The zero-order chi connectivity index (χ0) is 18.5. The molecule has 4 fully saturated rings. The van der Waals surface area contributed by atoms with Crippen molar-refractivity contribution in [1.82, 2.24) is 0 Å². The highest BCUT2D eigenvalue weighted by molar-refractivity contribution is 5.66. The molecule has 0 heterocycles. The minimum Gasteiger partial charge on any atom is -0.481 e. The maximum absolute atomic E-state index is 10.9. The third-order valence-corrected chi connectivity index (χ3v) is 9.78. The van der Waals surface area contributed by atoms with E-state index < -0.39 is 5.97 Å². The van der Waals surface area contributed by atoms with Gasteiger partial charge in [0.2, 0.25) is 0 Å². The molecule has 8 atom stereocenters. The van der Waals surface area contributed by atoms with E-state index in [1.54, 1.807) is 0 Å². The smallest absolute Gasteiger partial charge is 0.303 e. The second-order valence-corrected chi connectivity index (χ2v) is 10.7. The molecule has 0 radical (unpaired) electrons. The number of carboxylic acids is 1. The first-order chi connectivity index (χ1) is 12.3. The van der Waals surface area contributed by atoms with E-state index in [9.17, 15) is 9.90 Å². The minimum atomic E-state index is -0.640. The van der Waals surface area contributed by atoms with Gasteiger partial charge >= 0.3 is 5.97 Å². The fourth-order valence-electron chi connectivity index (χ4n) is 8.32. The average Bonchev–Trinajstić information content (AvgIpc) is 2.92. The molecule has 3 nitrogen and oxygen atoms in total. The van der Waals surface area contributed by atoms with E-state index in [2.05, 4.69) is 13.8 Å². The van der Waals surface area contributed by atoms with Crippen LogP contribution in [0.1, 0.15) is 90.9 Å². The van der Waals surface area contributed by atoms with E-state index in [1.807, 2.05) is 0 Å². The second kappa shape index (κ2) is 6.79. The van der Waals surface area contributed by atoms with Gasteiger partial charge in [0.05, 0.1) is 6.10 Å². The summed E-state index contributed by atoms with van der Waals surface area (Å²) in [6, 6.07) is 0. The van der Waals surface area contributed by atoms with Crippen LogP contribution >= 0.6 is 0 Å². The highest BCUT2D eigenvalue weighted by Crippen LogP contribution is 2.67. The second-order valence-electron chi connectivity index (χ2n) is 10.7. The van der Waals surface area contributed by atoms with Crippen LogP contribution in [-0.4, -0.2) is 22.3 Å². The van der Waals surface area contributed by atoms with E-state index in [4.69, 9.17) is 5.11 Å². The largest absolute Gasteiger partial charge is 0.481 e. The number of carbonyl (C=O) groups is 1. The first-order valence-electron chi connectivity index (χ1n) is 11.2. The van der Waals surface area contributed by atoms with Gasteiger partial charge < -0.3 is 10.2 Å². The van der Waals surface area contributed by atoms with Gasteiger partial charge in [0.15, 0.2) is 0 Å². The van der Waals surface area contributed by atoms with Gasteiger partial charge in [-0.2, -0.15) is 0 Å². The summed E-state index contributed by atoms with van der Waals surface area (Å²) in [6.45, 7) is 5.10. The Kier molecular flexibility index (Phi) is 4.91. The standard InChI is InChI=1S/C23H38O3/c1-22-13-11-20-18(8-6-16-14-17(24)10-12-23(16,20)2)19(22)9-7-15(22)4-3-5-21(25)26/h15-20,24H,3-14H2,1-2H3,(H,25,26)/t15-,16+,17-,18-,19-,20-,22+,23-/m0/s1. The number of aliphatic carboxylic acids is 1. The van der Waals surface area contributed by atoms with E-state index in [0.717, 1.165) is 55.3 Å². The number of carboxylic acid groups (broad SMARTS) is 1. The van der Waals surface area contributed by atoms with Gasteiger partial charge in [0, 0.05) is 6.42 Å². The molecule has 148 valence electrons. The Bertz CT molecular complexity index is 546. The fraction of sp³-hybridized carbons (Fsp3) is 0.957. The number of hydrogen-bond donors (Lipinski definition) is 2. The van der Waals surface area contributed by atoms with Crippen molar-refractivity contribution in [2.45, 2.75) is 97.0 Å². The lowest BCUT2D eigenvalue weighted by Crippen LogP contribution is -2.53. The Labute approximate surface area is 158 Å². The van der Waals surface area contributed by atoms with Gasteiger partial charge in [-0.1, -0.05) is 13.8 Å². The molecular formula is C23H38O3. The predicted octanol–water partition coefficient (Wildman–Crippen LogP) is 5.26. The van der Waals surface area contributed by atoms with Gasteiger partial charge in [0.1, 0.15) is 0 Å². The van der Waals surface area contributed by atoms with Crippen LogP contribution in [0.5, 0.6) is 0 Å². The molecule has 2 N–H and O–H groups in total. The lowest BCUT2D eigenvalue weighted by molar-refractivity contribution is -0.137. The van der Waals surface area contributed by atoms with Crippen LogP contribution in [0.4, 0.5) is 0 Å². The maximum Gasteiger partial charge on any atom is 0.303 e. The number of aliphatic hydroxyl groups excluding tert-OH is 1. The number of hydrogen-bond acceptors (Lipinski definition) is 2. The molecule has 26 heavy (non-hydrogen) atoms. The number of aliphatic hydroxyl groups is 1. The molecule has 0 aromatic rings. The first-order valence-corrected chi connectivity index (χ1v) is 11.2. The highest BCUT2D eigenvalue weighted by Gasteiger charge is 2.59.